The van der Waals surface area contributed by atoms with Crippen molar-refractivity contribution in [3.05, 3.63) is 35.3 Å². The van der Waals surface area contributed by atoms with E-state index in [0.29, 0.717) is 31.5 Å². The Labute approximate surface area is 153 Å². The van der Waals surface area contributed by atoms with Gasteiger partial charge in [-0.3, -0.25) is 4.79 Å². The van der Waals surface area contributed by atoms with Gasteiger partial charge in [-0.15, -0.1) is 0 Å². The van der Waals surface area contributed by atoms with Crippen LogP contribution < -0.4 is 0 Å². The van der Waals surface area contributed by atoms with Crippen LogP contribution in [-0.4, -0.2) is 39.2 Å². The van der Waals surface area contributed by atoms with E-state index in [-0.39, 0.29) is 24.7 Å². The van der Waals surface area contributed by atoms with Gasteiger partial charge in [0.2, 0.25) is 5.92 Å². The number of carbonyl (C=O) groups excluding carboxylic acids is 1. The van der Waals surface area contributed by atoms with Crippen molar-refractivity contribution in [2.45, 2.75) is 58.8 Å². The van der Waals surface area contributed by atoms with E-state index in [2.05, 4.69) is 4.98 Å². The van der Waals surface area contributed by atoms with E-state index in [1.165, 1.54) is 0 Å². The molecule has 2 aromatic heterocycles. The maximum absolute atomic E-state index is 13.4. The molecule has 0 radical (unpaired) electrons. The topological polar surface area (TPSA) is 37.6 Å². The predicted octanol–water partition coefficient (Wildman–Crippen LogP) is 4.49. The number of aryl methyl sites for hydroxylation is 1. The Kier molecular flexibility index (Phi) is 5.30. The lowest BCUT2D eigenvalue weighted by Crippen LogP contribution is -2.30. The molecule has 0 unspecified atom stereocenters. The number of pyridine rings is 1. The molecule has 4 nitrogen and oxygen atoms in total. The van der Waals surface area contributed by atoms with Gasteiger partial charge < -0.3 is 9.30 Å². The van der Waals surface area contributed by atoms with Gasteiger partial charge in [-0.05, 0) is 58.1 Å². The molecule has 2 aromatic rings. The number of alkyl halides is 2. The zero-order valence-electron chi connectivity index (χ0n) is 15.8. The van der Waals surface area contributed by atoms with Gasteiger partial charge in [0, 0.05) is 49.1 Å². The molecule has 0 atom stereocenters. The van der Waals surface area contributed by atoms with Gasteiger partial charge in [0.15, 0.2) is 0 Å². The average molecular weight is 363 g/mol. The summed E-state index contributed by atoms with van der Waals surface area (Å²) in [5, 5.41) is 0. The van der Waals surface area contributed by atoms with E-state index in [1.54, 1.807) is 4.90 Å². The fourth-order valence-electron chi connectivity index (χ4n) is 3.94. The summed E-state index contributed by atoms with van der Waals surface area (Å²) < 4.78 is 28.8. The van der Waals surface area contributed by atoms with Crippen LogP contribution in [0.2, 0.25) is 0 Å². The van der Waals surface area contributed by atoms with E-state index in [0.717, 1.165) is 23.5 Å². The molecule has 26 heavy (non-hydrogen) atoms. The number of carbonyl (C=O) groups is 1. The zero-order valence-corrected chi connectivity index (χ0v) is 15.8. The van der Waals surface area contributed by atoms with Gasteiger partial charge in [0.05, 0.1) is 0 Å². The third-order valence-electron chi connectivity index (χ3n) is 5.50. The summed E-state index contributed by atoms with van der Waals surface area (Å²) in [6.07, 6.45) is 3.64. The summed E-state index contributed by atoms with van der Waals surface area (Å²) in [6, 6.07) is 3.72. The van der Waals surface area contributed by atoms with Crippen LogP contribution in [0.4, 0.5) is 8.78 Å². The number of aromatic nitrogens is 2. The summed E-state index contributed by atoms with van der Waals surface area (Å²) in [5.74, 6) is -2.21. The summed E-state index contributed by atoms with van der Waals surface area (Å²) in [5.41, 5.74) is 3.38. The van der Waals surface area contributed by atoms with Crippen LogP contribution in [0.15, 0.2) is 18.3 Å². The minimum Gasteiger partial charge on any atom is -0.339 e. The molecule has 0 aromatic carbocycles. The Hall–Kier alpha value is -1.98. The zero-order chi connectivity index (χ0) is 18.9. The van der Waals surface area contributed by atoms with Crippen LogP contribution >= 0.6 is 0 Å². The van der Waals surface area contributed by atoms with Crippen LogP contribution in [0.1, 0.15) is 61.3 Å². The lowest BCUT2D eigenvalue weighted by atomic mass is 9.84. The second kappa shape index (κ2) is 7.33. The smallest absolute Gasteiger partial charge is 0.254 e. The Balaban J connectivity index is 1.83. The largest absolute Gasteiger partial charge is 0.339 e. The van der Waals surface area contributed by atoms with Gasteiger partial charge in [-0.2, -0.15) is 0 Å². The average Bonchev–Trinajstić information content (AvgIpc) is 3.01. The number of imidazole rings is 1. The Bertz CT molecular complexity index is 786. The molecule has 2 heterocycles. The number of fused-ring (bicyclic) bond motifs is 1. The molecule has 0 bridgehead atoms. The quantitative estimate of drug-likeness (QED) is 0.785. The number of hydrogen-bond donors (Lipinski definition) is 0. The second-order valence-corrected chi connectivity index (χ2v) is 7.31. The predicted molar refractivity (Wildman–Crippen MR) is 97.8 cm³/mol. The molecule has 3 rings (SSSR count). The lowest BCUT2D eigenvalue weighted by Gasteiger charge is -2.28. The van der Waals surface area contributed by atoms with Crippen molar-refractivity contribution in [2.24, 2.45) is 5.92 Å². The Morgan fingerprint density at radius 2 is 1.92 bits per heavy atom. The van der Waals surface area contributed by atoms with Crippen molar-refractivity contribution in [1.82, 2.24) is 14.3 Å². The van der Waals surface area contributed by atoms with Gasteiger partial charge in [0.1, 0.15) is 5.65 Å². The molecular weight excluding hydrogens is 336 g/mol. The second-order valence-electron chi connectivity index (χ2n) is 7.31. The standard InChI is InChI=1S/C20H27F2N3O/c1-4-24(5-2)19(26)16-10-14(3)25-17(13-23-18(25)12-16)11-15-6-8-20(21,22)9-7-15/h10,12-13,15H,4-9,11H2,1-3H3. The number of halogens is 2. The molecule has 142 valence electrons. The van der Waals surface area contributed by atoms with Gasteiger partial charge in [-0.1, -0.05) is 0 Å². The molecule has 1 saturated carbocycles. The minimum atomic E-state index is -2.49. The Morgan fingerprint density at radius 1 is 1.27 bits per heavy atom. The van der Waals surface area contributed by atoms with Crippen LogP contribution in [-0.2, 0) is 6.42 Å². The molecule has 0 aliphatic heterocycles. The molecular formula is C20H27F2N3O. The summed E-state index contributed by atoms with van der Waals surface area (Å²) >= 11 is 0. The highest BCUT2D eigenvalue weighted by Gasteiger charge is 2.35. The van der Waals surface area contributed by atoms with Crippen molar-refractivity contribution in [1.29, 1.82) is 0 Å². The Morgan fingerprint density at radius 3 is 2.54 bits per heavy atom. The van der Waals surface area contributed by atoms with Crippen molar-refractivity contribution < 1.29 is 13.6 Å². The van der Waals surface area contributed by atoms with Crippen LogP contribution in [0.5, 0.6) is 0 Å². The molecule has 0 N–H and O–H groups in total. The van der Waals surface area contributed by atoms with Crippen LogP contribution in [0.3, 0.4) is 0 Å². The van der Waals surface area contributed by atoms with Crippen molar-refractivity contribution >= 4 is 11.6 Å². The molecule has 1 aliphatic rings. The molecule has 1 aliphatic carbocycles. The SMILES string of the molecule is CCN(CC)C(=O)c1cc(C)n2c(CC3CCC(F)(F)CC3)cnc2c1. The maximum atomic E-state index is 13.4. The summed E-state index contributed by atoms with van der Waals surface area (Å²) in [4.78, 5) is 18.9. The number of amides is 1. The number of hydrogen-bond acceptors (Lipinski definition) is 2. The molecule has 1 fully saturated rings. The van der Waals surface area contributed by atoms with E-state index in [1.807, 2.05) is 43.5 Å². The first-order valence-corrected chi connectivity index (χ1v) is 9.48. The van der Waals surface area contributed by atoms with E-state index < -0.39 is 5.92 Å². The highest BCUT2D eigenvalue weighted by molar-refractivity contribution is 5.95. The number of rotatable bonds is 5. The normalized spacial score (nSPS) is 17.6. The number of nitrogens with zero attached hydrogens (tertiary/aromatic N) is 3. The van der Waals surface area contributed by atoms with Crippen LogP contribution in [0, 0.1) is 12.8 Å². The molecule has 6 heteroatoms. The molecule has 0 spiro atoms. The van der Waals surface area contributed by atoms with E-state index >= 15 is 0 Å². The first-order chi connectivity index (χ1) is 12.3. The third kappa shape index (κ3) is 3.74. The highest BCUT2D eigenvalue weighted by atomic mass is 19.3. The summed E-state index contributed by atoms with van der Waals surface area (Å²) in [7, 11) is 0. The molecule has 0 saturated heterocycles. The van der Waals surface area contributed by atoms with E-state index in [9.17, 15) is 13.6 Å². The first-order valence-electron chi connectivity index (χ1n) is 9.48. The lowest BCUT2D eigenvalue weighted by molar-refractivity contribution is -0.0457. The fourth-order valence-corrected chi connectivity index (χ4v) is 3.94. The van der Waals surface area contributed by atoms with E-state index in [4.69, 9.17) is 0 Å². The summed E-state index contributed by atoms with van der Waals surface area (Å²) in [6.45, 7) is 7.24. The molecule has 1 amide bonds. The first kappa shape index (κ1) is 18.8. The third-order valence-corrected chi connectivity index (χ3v) is 5.50. The highest BCUT2D eigenvalue weighted by Crippen LogP contribution is 2.37. The van der Waals surface area contributed by atoms with Gasteiger partial charge in [-0.25, -0.2) is 13.8 Å². The minimum absolute atomic E-state index is 0.0136. The fraction of sp³-hybridized carbons (Fsp3) is 0.600. The monoisotopic (exact) mass is 363 g/mol. The van der Waals surface area contributed by atoms with Crippen LogP contribution in [0.25, 0.3) is 5.65 Å². The van der Waals surface area contributed by atoms with Crippen molar-refractivity contribution in [3.8, 4) is 0 Å². The van der Waals surface area contributed by atoms with Crippen molar-refractivity contribution in [3.63, 3.8) is 0 Å². The van der Waals surface area contributed by atoms with Crippen molar-refractivity contribution in [2.75, 3.05) is 13.1 Å². The maximum Gasteiger partial charge on any atom is 0.254 e. The van der Waals surface area contributed by atoms with Gasteiger partial charge >= 0.3 is 0 Å². The van der Waals surface area contributed by atoms with Gasteiger partial charge in [0.25, 0.3) is 5.91 Å².